The molecule has 1 saturated carbocycles. The first-order valence-corrected chi connectivity index (χ1v) is 9.64. The van der Waals surface area contributed by atoms with Crippen LogP contribution in [-0.4, -0.2) is 59.9 Å². The summed E-state index contributed by atoms with van der Waals surface area (Å²) >= 11 is 0. The molecule has 1 saturated heterocycles. The predicted molar refractivity (Wildman–Crippen MR) is 96.6 cm³/mol. The summed E-state index contributed by atoms with van der Waals surface area (Å²) in [5.41, 5.74) is 0. The highest BCUT2D eigenvalue weighted by atomic mass is 16.2. The molecule has 2 aliphatic rings. The summed E-state index contributed by atoms with van der Waals surface area (Å²) in [4.78, 5) is 28.9. The molecule has 5 nitrogen and oxygen atoms in total. The van der Waals surface area contributed by atoms with E-state index in [2.05, 4.69) is 24.1 Å². The van der Waals surface area contributed by atoms with Gasteiger partial charge in [0.15, 0.2) is 0 Å². The second kappa shape index (κ2) is 8.32. The summed E-state index contributed by atoms with van der Waals surface area (Å²) in [7, 11) is 0. The summed E-state index contributed by atoms with van der Waals surface area (Å²) in [6.07, 6.45) is 3.58. The van der Waals surface area contributed by atoms with Crippen LogP contribution in [0.25, 0.3) is 0 Å². The van der Waals surface area contributed by atoms with Crippen molar-refractivity contribution in [2.75, 3.05) is 26.2 Å². The number of hydrogen-bond acceptors (Lipinski definition) is 3. The second-order valence-electron chi connectivity index (χ2n) is 8.07. The Labute approximate surface area is 147 Å². The van der Waals surface area contributed by atoms with Crippen LogP contribution in [0.4, 0.5) is 0 Å². The molecule has 4 atom stereocenters. The van der Waals surface area contributed by atoms with Gasteiger partial charge in [0, 0.05) is 38.1 Å². The van der Waals surface area contributed by atoms with E-state index in [-0.39, 0.29) is 23.8 Å². The van der Waals surface area contributed by atoms with Gasteiger partial charge in [-0.1, -0.05) is 40.5 Å². The minimum absolute atomic E-state index is 0.0482. The zero-order valence-electron chi connectivity index (χ0n) is 16.0. The summed E-state index contributed by atoms with van der Waals surface area (Å²) in [6.45, 7) is 13.4. The highest BCUT2D eigenvalue weighted by Gasteiger charge is 2.32. The Morgan fingerprint density at radius 3 is 2.21 bits per heavy atom. The first-order valence-electron chi connectivity index (χ1n) is 9.64. The predicted octanol–water partition coefficient (Wildman–Crippen LogP) is 2.12. The molecule has 0 bridgehead atoms. The highest BCUT2D eigenvalue weighted by molar-refractivity contribution is 5.82. The van der Waals surface area contributed by atoms with Gasteiger partial charge in [-0.05, 0) is 25.2 Å². The average Bonchev–Trinajstić information content (AvgIpc) is 2.57. The fraction of sp³-hybridized carbons (Fsp3) is 0.895. The smallest absolute Gasteiger partial charge is 0.237 e. The van der Waals surface area contributed by atoms with Crippen LogP contribution in [0.3, 0.4) is 0 Å². The van der Waals surface area contributed by atoms with Gasteiger partial charge in [0.2, 0.25) is 11.8 Å². The van der Waals surface area contributed by atoms with Gasteiger partial charge >= 0.3 is 0 Å². The Bertz CT molecular complexity index is 444. The molecule has 5 heteroatoms. The molecule has 1 heterocycles. The summed E-state index contributed by atoms with van der Waals surface area (Å²) in [6, 6.07) is 0.193. The molecule has 0 aromatic heterocycles. The first-order chi connectivity index (χ1) is 11.3. The van der Waals surface area contributed by atoms with E-state index in [9.17, 15) is 9.59 Å². The van der Waals surface area contributed by atoms with Gasteiger partial charge in [-0.3, -0.25) is 14.5 Å². The molecule has 4 unspecified atom stereocenters. The largest absolute Gasteiger partial charge is 0.352 e. The fourth-order valence-electron chi connectivity index (χ4n) is 3.95. The quantitative estimate of drug-likeness (QED) is 0.855. The molecular weight excluding hydrogens is 302 g/mol. The lowest BCUT2D eigenvalue weighted by molar-refractivity contribution is -0.137. The molecule has 138 valence electrons. The fourth-order valence-corrected chi connectivity index (χ4v) is 3.95. The van der Waals surface area contributed by atoms with E-state index < -0.39 is 0 Å². The third-order valence-electron chi connectivity index (χ3n) is 6.08. The first kappa shape index (κ1) is 19.2. The monoisotopic (exact) mass is 337 g/mol. The molecule has 0 radical (unpaired) electrons. The molecule has 1 aliphatic carbocycles. The van der Waals surface area contributed by atoms with E-state index in [4.69, 9.17) is 0 Å². The minimum Gasteiger partial charge on any atom is -0.352 e. The van der Waals surface area contributed by atoms with Gasteiger partial charge in [-0.15, -0.1) is 0 Å². The van der Waals surface area contributed by atoms with E-state index in [0.29, 0.717) is 17.9 Å². The Morgan fingerprint density at radius 2 is 1.62 bits per heavy atom. The van der Waals surface area contributed by atoms with Crippen molar-refractivity contribution in [1.82, 2.24) is 15.1 Å². The van der Waals surface area contributed by atoms with E-state index in [0.717, 1.165) is 32.6 Å². The standard InChI is InChI=1S/C19H35N3O2/c1-13(2)19(24)22-11-9-21(10-12-22)16(5)18(23)20-17-8-6-7-14(3)15(17)4/h13-17H,6-12H2,1-5H3,(H,20,23). The van der Waals surface area contributed by atoms with Gasteiger partial charge in [-0.25, -0.2) is 0 Å². The third kappa shape index (κ3) is 4.50. The molecule has 1 N–H and O–H groups in total. The molecule has 1 aliphatic heterocycles. The van der Waals surface area contributed by atoms with Gasteiger partial charge in [0.1, 0.15) is 0 Å². The normalized spacial score (nSPS) is 30.2. The van der Waals surface area contributed by atoms with E-state index >= 15 is 0 Å². The summed E-state index contributed by atoms with van der Waals surface area (Å²) in [5, 5.41) is 3.29. The van der Waals surface area contributed by atoms with Gasteiger partial charge in [-0.2, -0.15) is 0 Å². The van der Waals surface area contributed by atoms with Crippen LogP contribution in [-0.2, 0) is 9.59 Å². The summed E-state index contributed by atoms with van der Waals surface area (Å²) in [5.74, 6) is 1.65. The Balaban J connectivity index is 1.83. The molecule has 2 rings (SSSR count). The Kier molecular flexibility index (Phi) is 6.67. The zero-order chi connectivity index (χ0) is 17.9. The molecule has 0 spiro atoms. The van der Waals surface area contributed by atoms with Crippen molar-refractivity contribution in [2.45, 2.75) is 66.0 Å². The lowest BCUT2D eigenvalue weighted by Crippen LogP contribution is -2.57. The zero-order valence-corrected chi connectivity index (χ0v) is 16.0. The van der Waals surface area contributed by atoms with Gasteiger partial charge in [0.05, 0.1) is 6.04 Å². The van der Waals surface area contributed by atoms with Crippen LogP contribution in [0, 0.1) is 17.8 Å². The lowest BCUT2D eigenvalue weighted by atomic mass is 9.78. The van der Waals surface area contributed by atoms with E-state index in [1.807, 2.05) is 25.7 Å². The number of nitrogens with one attached hydrogen (secondary N) is 1. The van der Waals surface area contributed by atoms with Crippen molar-refractivity contribution in [3.63, 3.8) is 0 Å². The van der Waals surface area contributed by atoms with Crippen LogP contribution in [0.5, 0.6) is 0 Å². The molecule has 2 amide bonds. The van der Waals surface area contributed by atoms with Crippen molar-refractivity contribution in [1.29, 1.82) is 0 Å². The Hall–Kier alpha value is -1.10. The highest BCUT2D eigenvalue weighted by Crippen LogP contribution is 2.29. The van der Waals surface area contributed by atoms with Crippen LogP contribution >= 0.6 is 0 Å². The lowest BCUT2D eigenvalue weighted by Gasteiger charge is -2.39. The van der Waals surface area contributed by atoms with Crippen LogP contribution in [0.15, 0.2) is 0 Å². The second-order valence-corrected chi connectivity index (χ2v) is 8.07. The Morgan fingerprint density at radius 1 is 1.00 bits per heavy atom. The molecular formula is C19H35N3O2. The van der Waals surface area contributed by atoms with E-state index in [1.54, 1.807) is 0 Å². The SMILES string of the molecule is CC(C)C(=O)N1CCN(C(C)C(=O)NC2CCCC(C)C2C)CC1. The maximum absolute atomic E-state index is 12.7. The van der Waals surface area contributed by atoms with Gasteiger partial charge < -0.3 is 10.2 Å². The number of amides is 2. The third-order valence-corrected chi connectivity index (χ3v) is 6.08. The number of nitrogens with zero attached hydrogens (tertiary/aromatic N) is 2. The van der Waals surface area contributed by atoms with Crippen LogP contribution in [0.1, 0.15) is 53.9 Å². The molecule has 24 heavy (non-hydrogen) atoms. The van der Waals surface area contributed by atoms with Crippen molar-refractivity contribution < 1.29 is 9.59 Å². The van der Waals surface area contributed by atoms with Crippen molar-refractivity contribution in [3.8, 4) is 0 Å². The minimum atomic E-state index is -0.120. The van der Waals surface area contributed by atoms with Crippen molar-refractivity contribution in [3.05, 3.63) is 0 Å². The van der Waals surface area contributed by atoms with Gasteiger partial charge in [0.25, 0.3) is 0 Å². The van der Waals surface area contributed by atoms with E-state index in [1.165, 1.54) is 12.8 Å². The number of carbonyl (C=O) groups excluding carboxylic acids is 2. The molecule has 0 aromatic carbocycles. The topological polar surface area (TPSA) is 52.7 Å². The average molecular weight is 338 g/mol. The van der Waals surface area contributed by atoms with Crippen LogP contribution < -0.4 is 5.32 Å². The maximum atomic E-state index is 12.7. The molecule has 2 fully saturated rings. The van der Waals surface area contributed by atoms with Crippen LogP contribution in [0.2, 0.25) is 0 Å². The molecule has 0 aromatic rings. The van der Waals surface area contributed by atoms with Crippen molar-refractivity contribution >= 4 is 11.8 Å². The number of hydrogen-bond donors (Lipinski definition) is 1. The van der Waals surface area contributed by atoms with Crippen molar-refractivity contribution in [2.24, 2.45) is 17.8 Å². The summed E-state index contributed by atoms with van der Waals surface area (Å²) < 4.78 is 0. The maximum Gasteiger partial charge on any atom is 0.237 e. The number of piperazine rings is 1. The number of rotatable bonds is 4. The number of carbonyl (C=O) groups is 2.